The van der Waals surface area contributed by atoms with Crippen molar-refractivity contribution in [3.8, 4) is 0 Å². The van der Waals surface area contributed by atoms with Crippen LogP contribution in [0.4, 0.5) is 0 Å². The van der Waals surface area contributed by atoms with Crippen molar-refractivity contribution in [1.82, 2.24) is 5.32 Å². The molecule has 3 atom stereocenters. The Bertz CT molecular complexity index is 605. The van der Waals surface area contributed by atoms with E-state index in [1.54, 1.807) is 0 Å². The number of hydrogen-bond acceptors (Lipinski definition) is 5. The van der Waals surface area contributed by atoms with Crippen molar-refractivity contribution in [2.75, 3.05) is 13.7 Å². The minimum Gasteiger partial charge on any atom is -0.467 e. The van der Waals surface area contributed by atoms with Crippen molar-refractivity contribution in [2.45, 2.75) is 69.7 Å². The summed E-state index contributed by atoms with van der Waals surface area (Å²) >= 11 is 6.76. The normalized spacial score (nSPS) is 35.0. The smallest absolute Gasteiger partial charge is 0.328 e. The van der Waals surface area contributed by atoms with Crippen molar-refractivity contribution in [1.29, 1.82) is 0 Å². The van der Waals surface area contributed by atoms with Crippen LogP contribution in [0, 0.1) is 23.2 Å². The first kappa shape index (κ1) is 20.4. The third kappa shape index (κ3) is 4.41. The summed E-state index contributed by atoms with van der Waals surface area (Å²) in [6, 6.07) is -0.730. The lowest BCUT2D eigenvalue weighted by molar-refractivity contribution is -0.172. The van der Waals surface area contributed by atoms with E-state index in [0.717, 1.165) is 32.1 Å². The van der Waals surface area contributed by atoms with Gasteiger partial charge in [-0.3, -0.25) is 9.59 Å². The van der Waals surface area contributed by atoms with Gasteiger partial charge in [-0.15, -0.1) is 11.6 Å². The largest absolute Gasteiger partial charge is 0.467 e. The van der Waals surface area contributed by atoms with Crippen LogP contribution >= 0.6 is 11.6 Å². The number of halogens is 1. The minimum atomic E-state index is -0.730. The van der Waals surface area contributed by atoms with Crippen molar-refractivity contribution in [3.63, 3.8) is 0 Å². The average molecular weight is 400 g/mol. The number of rotatable bonds is 7. The Morgan fingerprint density at radius 2 is 1.78 bits per heavy atom. The lowest BCUT2D eigenvalue weighted by Gasteiger charge is -2.58. The van der Waals surface area contributed by atoms with E-state index in [1.807, 2.05) is 13.8 Å². The van der Waals surface area contributed by atoms with Crippen molar-refractivity contribution in [3.05, 3.63) is 0 Å². The standard InChI is InChI=1S/C20H30ClNO5/c1-12(2)4-15(17(24)26-3)22-16(23)10-27-18(25)19-6-13-5-14(7-19)9-20(21,8-13)11-19/h12-15H,4-11H2,1-3H3,(H,22,23)/t13-,14-,15-,19?,20?/m0/s1. The molecule has 4 aliphatic rings. The first-order chi connectivity index (χ1) is 12.6. The number of ether oxygens (including phenoxy) is 2. The summed E-state index contributed by atoms with van der Waals surface area (Å²) in [4.78, 5) is 36.6. The van der Waals surface area contributed by atoms with Crippen LogP contribution in [-0.4, -0.2) is 42.5 Å². The summed E-state index contributed by atoms with van der Waals surface area (Å²) in [5.74, 6) is -0.0999. The van der Waals surface area contributed by atoms with Gasteiger partial charge >= 0.3 is 11.9 Å². The number of esters is 2. The van der Waals surface area contributed by atoms with Crippen molar-refractivity contribution < 1.29 is 23.9 Å². The molecule has 1 N–H and O–H groups in total. The van der Waals surface area contributed by atoms with Crippen LogP contribution in [0.1, 0.15) is 58.8 Å². The maximum absolute atomic E-state index is 12.8. The first-order valence-corrected chi connectivity index (χ1v) is 10.3. The van der Waals surface area contributed by atoms with Crippen molar-refractivity contribution in [2.24, 2.45) is 23.2 Å². The van der Waals surface area contributed by atoms with Crippen LogP contribution in [0.5, 0.6) is 0 Å². The molecule has 0 saturated heterocycles. The molecule has 152 valence electrons. The molecule has 4 saturated carbocycles. The molecule has 4 aliphatic carbocycles. The molecule has 0 aliphatic heterocycles. The number of amides is 1. The predicted molar refractivity (Wildman–Crippen MR) is 100 cm³/mol. The van der Waals surface area contributed by atoms with Crippen molar-refractivity contribution >= 4 is 29.4 Å². The van der Waals surface area contributed by atoms with E-state index in [2.05, 4.69) is 5.32 Å². The molecule has 0 spiro atoms. The highest BCUT2D eigenvalue weighted by atomic mass is 35.5. The van der Waals surface area contributed by atoms with Gasteiger partial charge in [-0.05, 0) is 62.7 Å². The number of carbonyl (C=O) groups is 3. The summed E-state index contributed by atoms with van der Waals surface area (Å²) in [6.07, 6.45) is 5.86. The van der Waals surface area contributed by atoms with Gasteiger partial charge in [0.2, 0.25) is 0 Å². The predicted octanol–water partition coefficient (Wildman–Crippen LogP) is 2.81. The van der Waals surface area contributed by atoms with Gasteiger partial charge in [0, 0.05) is 4.87 Å². The van der Waals surface area contributed by atoms with E-state index in [1.165, 1.54) is 7.11 Å². The molecule has 27 heavy (non-hydrogen) atoms. The molecule has 7 heteroatoms. The zero-order valence-corrected chi connectivity index (χ0v) is 17.1. The number of hydrogen-bond donors (Lipinski definition) is 1. The second kappa shape index (κ2) is 7.61. The molecule has 0 aromatic rings. The number of nitrogens with one attached hydrogen (secondary N) is 1. The summed E-state index contributed by atoms with van der Waals surface area (Å²) in [5, 5.41) is 2.62. The minimum absolute atomic E-state index is 0.212. The Morgan fingerprint density at radius 3 is 2.30 bits per heavy atom. The van der Waals surface area contributed by atoms with Crippen LogP contribution in [0.15, 0.2) is 0 Å². The Morgan fingerprint density at radius 1 is 1.15 bits per heavy atom. The zero-order chi connectivity index (χ0) is 19.8. The SMILES string of the molecule is COC(=O)[C@H](CC(C)C)NC(=O)COC(=O)C12C[C@@H]3C[C@H](CC(Cl)(C3)C1)C2. The molecular weight excluding hydrogens is 370 g/mol. The van der Waals surface area contributed by atoms with Crippen LogP contribution in [0.2, 0.25) is 0 Å². The van der Waals surface area contributed by atoms with Crippen LogP contribution in [-0.2, 0) is 23.9 Å². The first-order valence-electron chi connectivity index (χ1n) is 9.88. The summed E-state index contributed by atoms with van der Waals surface area (Å²) in [5.41, 5.74) is -0.536. The second-order valence-electron chi connectivity index (χ2n) is 9.24. The third-order valence-electron chi connectivity index (χ3n) is 6.29. The Kier molecular flexibility index (Phi) is 5.76. The monoisotopic (exact) mass is 399 g/mol. The maximum Gasteiger partial charge on any atom is 0.328 e. The summed E-state index contributed by atoms with van der Waals surface area (Å²) in [6.45, 7) is 3.53. The van der Waals surface area contributed by atoms with Crippen LogP contribution in [0.25, 0.3) is 0 Å². The van der Waals surface area contributed by atoms with Gasteiger partial charge in [0.05, 0.1) is 12.5 Å². The van der Waals surface area contributed by atoms with Gasteiger partial charge in [0.1, 0.15) is 6.04 Å². The van der Waals surface area contributed by atoms with Crippen LogP contribution in [0.3, 0.4) is 0 Å². The molecule has 0 heterocycles. The highest BCUT2D eigenvalue weighted by molar-refractivity contribution is 6.24. The fraction of sp³-hybridized carbons (Fsp3) is 0.850. The fourth-order valence-electron chi connectivity index (χ4n) is 5.74. The average Bonchev–Trinajstić information content (AvgIpc) is 2.55. The topological polar surface area (TPSA) is 81.7 Å². The Balaban J connectivity index is 1.56. The lowest BCUT2D eigenvalue weighted by Crippen LogP contribution is -2.56. The van der Waals surface area contributed by atoms with Gasteiger partial charge in [0.15, 0.2) is 6.61 Å². The maximum atomic E-state index is 12.8. The molecule has 6 nitrogen and oxygen atoms in total. The second-order valence-corrected chi connectivity index (χ2v) is 10.0. The highest BCUT2D eigenvalue weighted by Crippen LogP contribution is 2.64. The number of alkyl halides is 1. The van der Waals surface area contributed by atoms with Gasteiger partial charge < -0.3 is 14.8 Å². The molecule has 0 aromatic heterocycles. The Hall–Kier alpha value is -1.30. The van der Waals surface area contributed by atoms with Gasteiger partial charge in [0.25, 0.3) is 5.91 Å². The quantitative estimate of drug-likeness (QED) is 0.525. The molecule has 4 fully saturated rings. The van der Waals surface area contributed by atoms with E-state index < -0.39 is 23.3 Å². The summed E-state index contributed by atoms with van der Waals surface area (Å²) in [7, 11) is 1.29. The number of methoxy groups -OCH3 is 1. The lowest BCUT2D eigenvalue weighted by atomic mass is 9.49. The van der Waals surface area contributed by atoms with E-state index in [9.17, 15) is 14.4 Å². The molecule has 0 radical (unpaired) electrons. The van der Waals surface area contributed by atoms with Gasteiger partial charge in [-0.1, -0.05) is 13.8 Å². The van der Waals surface area contributed by atoms with Crippen LogP contribution < -0.4 is 5.32 Å². The van der Waals surface area contributed by atoms with E-state index in [4.69, 9.17) is 21.1 Å². The van der Waals surface area contributed by atoms with E-state index >= 15 is 0 Å². The molecule has 1 amide bonds. The third-order valence-corrected chi connectivity index (χ3v) is 6.73. The van der Waals surface area contributed by atoms with E-state index in [-0.39, 0.29) is 23.4 Å². The highest BCUT2D eigenvalue weighted by Gasteiger charge is 2.60. The molecule has 4 rings (SSSR count). The molecule has 0 aromatic carbocycles. The van der Waals surface area contributed by atoms with Gasteiger partial charge in [-0.2, -0.15) is 0 Å². The summed E-state index contributed by atoms with van der Waals surface area (Å²) < 4.78 is 10.1. The van der Waals surface area contributed by atoms with E-state index in [0.29, 0.717) is 24.7 Å². The number of carbonyl (C=O) groups excluding carboxylic acids is 3. The molecule has 4 bridgehead atoms. The molecule has 0 unspecified atom stereocenters. The zero-order valence-electron chi connectivity index (χ0n) is 16.4. The van der Waals surface area contributed by atoms with Gasteiger partial charge in [-0.25, -0.2) is 4.79 Å². The molecular formula is C20H30ClNO5. The Labute approximate surface area is 165 Å². The fourth-order valence-corrected chi connectivity index (χ4v) is 6.43.